The molecule has 0 heterocycles. The summed E-state index contributed by atoms with van der Waals surface area (Å²) in [6, 6.07) is 17.0. The fourth-order valence-electron chi connectivity index (χ4n) is 3.17. The number of para-hydroxylation sites is 2. The van der Waals surface area contributed by atoms with Crippen molar-refractivity contribution in [1.29, 1.82) is 0 Å². The minimum absolute atomic E-state index is 0.114. The van der Waals surface area contributed by atoms with E-state index in [4.69, 9.17) is 23.2 Å². The van der Waals surface area contributed by atoms with Gasteiger partial charge < -0.3 is 16.0 Å². The highest BCUT2D eigenvalue weighted by molar-refractivity contribution is 6.42. The van der Waals surface area contributed by atoms with Crippen molar-refractivity contribution in [3.8, 4) is 0 Å². The van der Waals surface area contributed by atoms with E-state index in [-0.39, 0.29) is 23.8 Å². The Bertz CT molecular complexity index is 1180. The Kier molecular flexibility index (Phi) is 8.84. The molecule has 0 aliphatic heterocycles. The number of hydrogen-bond acceptors (Lipinski definition) is 2. The van der Waals surface area contributed by atoms with E-state index >= 15 is 0 Å². The molecule has 3 N–H and O–H groups in total. The van der Waals surface area contributed by atoms with Crippen LogP contribution in [0.25, 0.3) is 0 Å². The number of urea groups is 2. The quantitative estimate of drug-likeness (QED) is 0.284. The highest BCUT2D eigenvalue weighted by Crippen LogP contribution is 2.34. The topological polar surface area (TPSA) is 73.5 Å². The fraction of sp³-hybridized carbons (Fsp3) is 0.167. The van der Waals surface area contributed by atoms with Gasteiger partial charge in [-0.1, -0.05) is 53.5 Å². The number of benzene rings is 3. The molecule has 0 bridgehead atoms. The number of amides is 4. The smallest absolute Gasteiger partial charge is 0.338 e. The van der Waals surface area contributed by atoms with E-state index in [0.29, 0.717) is 22.8 Å². The molecule has 0 spiro atoms. The number of anilines is 3. The predicted molar refractivity (Wildman–Crippen MR) is 132 cm³/mol. The van der Waals surface area contributed by atoms with Crippen LogP contribution < -0.4 is 20.9 Å². The summed E-state index contributed by atoms with van der Waals surface area (Å²) in [5, 5.41) is 8.12. The number of nitrogens with one attached hydrogen (secondary N) is 3. The van der Waals surface area contributed by atoms with Crippen LogP contribution in [-0.2, 0) is 6.18 Å². The van der Waals surface area contributed by atoms with Gasteiger partial charge in [0.1, 0.15) is 0 Å². The lowest BCUT2D eigenvalue weighted by Gasteiger charge is -2.23. The molecule has 0 aliphatic carbocycles. The van der Waals surface area contributed by atoms with Gasteiger partial charge in [0.15, 0.2) is 0 Å². The van der Waals surface area contributed by atoms with Crippen LogP contribution >= 0.6 is 23.2 Å². The summed E-state index contributed by atoms with van der Waals surface area (Å²) in [5.74, 6) is 0. The molecule has 6 nitrogen and oxygen atoms in total. The van der Waals surface area contributed by atoms with Gasteiger partial charge in [-0.3, -0.25) is 4.90 Å². The van der Waals surface area contributed by atoms with Gasteiger partial charge in [0, 0.05) is 24.5 Å². The minimum Gasteiger partial charge on any atom is -0.338 e. The normalized spacial score (nSPS) is 11.0. The standard InChI is InChI=1S/C24H21Cl2F3N4O2/c25-19-12-11-16(15-20(19)26)31-23(35)33(17-7-2-1-3-8-17)14-6-13-30-22(34)32-21-10-5-4-9-18(21)24(27,28)29/h1-5,7-12,15H,6,13-14H2,(H,31,35)(H2,30,32,34). The molecular weight excluding hydrogens is 504 g/mol. The van der Waals surface area contributed by atoms with Crippen molar-refractivity contribution in [3.05, 3.63) is 88.4 Å². The molecule has 0 aromatic heterocycles. The van der Waals surface area contributed by atoms with E-state index in [0.717, 1.165) is 6.07 Å². The van der Waals surface area contributed by atoms with Gasteiger partial charge in [0.2, 0.25) is 0 Å². The largest absolute Gasteiger partial charge is 0.418 e. The molecule has 0 saturated heterocycles. The zero-order valence-electron chi connectivity index (χ0n) is 18.2. The summed E-state index contributed by atoms with van der Waals surface area (Å²) >= 11 is 11.9. The molecule has 3 aromatic rings. The van der Waals surface area contributed by atoms with E-state index in [9.17, 15) is 22.8 Å². The average Bonchev–Trinajstić information content (AvgIpc) is 2.81. The van der Waals surface area contributed by atoms with Gasteiger partial charge >= 0.3 is 18.2 Å². The summed E-state index contributed by atoms with van der Waals surface area (Å²) in [4.78, 5) is 26.6. The van der Waals surface area contributed by atoms with Crippen LogP contribution in [0, 0.1) is 0 Å². The van der Waals surface area contributed by atoms with Crippen molar-refractivity contribution in [2.24, 2.45) is 0 Å². The second kappa shape index (κ2) is 11.8. The molecule has 0 fully saturated rings. The van der Waals surface area contributed by atoms with Crippen LogP contribution in [0.3, 0.4) is 0 Å². The number of carbonyl (C=O) groups excluding carboxylic acids is 2. The first kappa shape index (κ1) is 26.2. The van der Waals surface area contributed by atoms with Crippen LogP contribution in [0.1, 0.15) is 12.0 Å². The number of alkyl halides is 3. The Morgan fingerprint density at radius 2 is 1.54 bits per heavy atom. The second-order valence-electron chi connectivity index (χ2n) is 7.32. The molecule has 4 amide bonds. The number of hydrogen-bond donors (Lipinski definition) is 3. The summed E-state index contributed by atoms with van der Waals surface area (Å²) in [5.41, 5.74) is -0.214. The van der Waals surface area contributed by atoms with Crippen molar-refractivity contribution >= 4 is 52.3 Å². The minimum atomic E-state index is -4.60. The first-order chi connectivity index (χ1) is 16.6. The van der Waals surface area contributed by atoms with Crippen LogP contribution in [-0.4, -0.2) is 25.2 Å². The molecule has 35 heavy (non-hydrogen) atoms. The van der Waals surface area contributed by atoms with Gasteiger partial charge in [-0.25, -0.2) is 9.59 Å². The van der Waals surface area contributed by atoms with Gasteiger partial charge in [-0.15, -0.1) is 0 Å². The Morgan fingerprint density at radius 3 is 2.23 bits per heavy atom. The third-order valence-electron chi connectivity index (χ3n) is 4.81. The molecule has 0 aliphatic rings. The van der Waals surface area contributed by atoms with Crippen molar-refractivity contribution in [2.45, 2.75) is 12.6 Å². The molecule has 11 heteroatoms. The molecule has 0 atom stereocenters. The lowest BCUT2D eigenvalue weighted by molar-refractivity contribution is -0.136. The molecular formula is C24H21Cl2F3N4O2. The highest BCUT2D eigenvalue weighted by atomic mass is 35.5. The number of halogens is 5. The molecule has 184 valence electrons. The van der Waals surface area contributed by atoms with Crippen molar-refractivity contribution in [3.63, 3.8) is 0 Å². The Morgan fingerprint density at radius 1 is 0.857 bits per heavy atom. The predicted octanol–water partition coefficient (Wildman–Crippen LogP) is 7.26. The van der Waals surface area contributed by atoms with Crippen molar-refractivity contribution in [1.82, 2.24) is 5.32 Å². The first-order valence-corrected chi connectivity index (χ1v) is 11.2. The molecule has 3 aromatic carbocycles. The van der Waals surface area contributed by atoms with Crippen LogP contribution in [0.4, 0.5) is 39.8 Å². The van der Waals surface area contributed by atoms with E-state index in [1.807, 2.05) is 6.07 Å². The van der Waals surface area contributed by atoms with Crippen molar-refractivity contribution in [2.75, 3.05) is 28.6 Å². The SMILES string of the molecule is O=C(NCCCN(C(=O)Nc1ccc(Cl)c(Cl)c1)c1ccccc1)Nc1ccccc1C(F)(F)F. The van der Waals surface area contributed by atoms with Gasteiger partial charge in [0.05, 0.1) is 21.3 Å². The Hall–Kier alpha value is -3.43. The average molecular weight is 525 g/mol. The molecule has 0 unspecified atom stereocenters. The summed E-state index contributed by atoms with van der Waals surface area (Å²) in [6.07, 6.45) is -4.26. The number of nitrogens with zero attached hydrogens (tertiary/aromatic N) is 1. The Balaban J connectivity index is 1.59. The highest BCUT2D eigenvalue weighted by Gasteiger charge is 2.33. The summed E-state index contributed by atoms with van der Waals surface area (Å²) in [6.45, 7) is 0.333. The van der Waals surface area contributed by atoms with Crippen molar-refractivity contribution < 1.29 is 22.8 Å². The van der Waals surface area contributed by atoms with E-state index in [2.05, 4.69) is 16.0 Å². The first-order valence-electron chi connectivity index (χ1n) is 10.4. The molecule has 3 rings (SSSR count). The molecule has 0 radical (unpaired) electrons. The van der Waals surface area contributed by atoms with E-state index in [1.165, 1.54) is 29.2 Å². The van der Waals surface area contributed by atoms with E-state index < -0.39 is 23.8 Å². The maximum atomic E-state index is 13.1. The van der Waals surface area contributed by atoms with Gasteiger partial charge in [-0.2, -0.15) is 13.2 Å². The number of rotatable bonds is 7. The van der Waals surface area contributed by atoms with Gasteiger partial charge in [-0.05, 0) is 48.9 Å². The summed E-state index contributed by atoms with van der Waals surface area (Å²) in [7, 11) is 0. The molecule has 0 saturated carbocycles. The maximum absolute atomic E-state index is 13.1. The van der Waals surface area contributed by atoms with Gasteiger partial charge in [0.25, 0.3) is 0 Å². The van der Waals surface area contributed by atoms with Crippen LogP contribution in [0.2, 0.25) is 10.0 Å². The second-order valence-corrected chi connectivity index (χ2v) is 8.14. The third kappa shape index (κ3) is 7.53. The lowest BCUT2D eigenvalue weighted by atomic mass is 10.1. The lowest BCUT2D eigenvalue weighted by Crippen LogP contribution is -2.38. The zero-order chi connectivity index (χ0) is 25.4. The third-order valence-corrected chi connectivity index (χ3v) is 5.55. The van der Waals surface area contributed by atoms with E-state index in [1.54, 1.807) is 36.4 Å². The van der Waals surface area contributed by atoms with Crippen LogP contribution in [0.15, 0.2) is 72.8 Å². The zero-order valence-corrected chi connectivity index (χ0v) is 19.7. The maximum Gasteiger partial charge on any atom is 0.418 e. The Labute approximate surface area is 210 Å². The monoisotopic (exact) mass is 524 g/mol. The fourth-order valence-corrected chi connectivity index (χ4v) is 3.46. The van der Waals surface area contributed by atoms with Crippen LogP contribution in [0.5, 0.6) is 0 Å². The summed E-state index contributed by atoms with van der Waals surface area (Å²) < 4.78 is 39.3. The number of carbonyl (C=O) groups is 2.